The number of likely N-dealkylation sites (tertiary alicyclic amines) is 1. The van der Waals surface area contributed by atoms with Crippen molar-refractivity contribution in [3.05, 3.63) is 59.9 Å². The molecule has 0 unspecified atom stereocenters. The summed E-state index contributed by atoms with van der Waals surface area (Å²) >= 11 is 0. The second kappa shape index (κ2) is 9.09. The van der Waals surface area contributed by atoms with E-state index in [1.54, 1.807) is 0 Å². The topological polar surface area (TPSA) is 59.4 Å². The molecule has 0 aliphatic carbocycles. The van der Waals surface area contributed by atoms with Crippen LogP contribution >= 0.6 is 0 Å². The minimum absolute atomic E-state index is 0.0766. The van der Waals surface area contributed by atoms with Gasteiger partial charge in [0, 0.05) is 38.3 Å². The summed E-state index contributed by atoms with van der Waals surface area (Å²) in [5, 5.41) is 3.49. The lowest BCUT2D eigenvalue weighted by molar-refractivity contribution is -0.132. The van der Waals surface area contributed by atoms with Gasteiger partial charge in [0.2, 0.25) is 0 Å². The monoisotopic (exact) mass is 392 g/mol. The van der Waals surface area contributed by atoms with E-state index in [2.05, 4.69) is 20.9 Å². The molecule has 6 heteroatoms. The van der Waals surface area contributed by atoms with Gasteiger partial charge in [0.15, 0.2) is 6.61 Å². The van der Waals surface area contributed by atoms with E-state index in [4.69, 9.17) is 4.74 Å². The van der Waals surface area contributed by atoms with Crippen LogP contribution in [0.3, 0.4) is 0 Å². The molecule has 2 heterocycles. The average Bonchev–Trinajstić information content (AvgIpc) is 3.38. The van der Waals surface area contributed by atoms with Crippen LogP contribution < -0.4 is 10.1 Å². The molecule has 0 saturated carbocycles. The number of para-hydroxylation sites is 3. The number of carbonyl (C=O) groups excluding carboxylic acids is 1. The van der Waals surface area contributed by atoms with Crippen molar-refractivity contribution < 1.29 is 9.53 Å². The number of hydrogen-bond donors (Lipinski definition) is 1. The Bertz CT molecular complexity index is 976. The van der Waals surface area contributed by atoms with Crippen LogP contribution in [0.2, 0.25) is 0 Å². The van der Waals surface area contributed by atoms with Crippen LogP contribution in [-0.4, -0.2) is 46.6 Å². The highest BCUT2D eigenvalue weighted by Crippen LogP contribution is 2.19. The second-order valence-electron chi connectivity index (χ2n) is 7.46. The van der Waals surface area contributed by atoms with Crippen LogP contribution in [0, 0.1) is 6.92 Å². The van der Waals surface area contributed by atoms with E-state index >= 15 is 0 Å². The first-order valence-electron chi connectivity index (χ1n) is 10.3. The molecule has 4 rings (SSSR count). The fourth-order valence-corrected chi connectivity index (χ4v) is 3.88. The number of ether oxygens (including phenoxy) is 1. The van der Waals surface area contributed by atoms with E-state index in [-0.39, 0.29) is 12.5 Å². The zero-order valence-electron chi connectivity index (χ0n) is 16.9. The third-order valence-electron chi connectivity index (χ3n) is 5.46. The van der Waals surface area contributed by atoms with Crippen molar-refractivity contribution in [3.8, 4) is 5.75 Å². The number of hydrogen-bond acceptors (Lipinski definition) is 4. The Morgan fingerprint density at radius 1 is 1.10 bits per heavy atom. The Hall–Kier alpha value is -2.86. The summed E-state index contributed by atoms with van der Waals surface area (Å²) in [6, 6.07) is 16.1. The maximum absolute atomic E-state index is 12.2. The van der Waals surface area contributed by atoms with E-state index in [1.165, 1.54) is 0 Å². The van der Waals surface area contributed by atoms with Gasteiger partial charge in [-0.1, -0.05) is 30.3 Å². The number of nitrogens with zero attached hydrogens (tertiary/aromatic N) is 3. The Morgan fingerprint density at radius 3 is 2.72 bits per heavy atom. The van der Waals surface area contributed by atoms with E-state index in [1.807, 2.05) is 54.3 Å². The van der Waals surface area contributed by atoms with Crippen LogP contribution in [0.25, 0.3) is 11.0 Å². The quantitative estimate of drug-likeness (QED) is 0.599. The number of aromatic nitrogens is 2. The van der Waals surface area contributed by atoms with Crippen LogP contribution in [0.4, 0.5) is 0 Å². The van der Waals surface area contributed by atoms with E-state index in [0.717, 1.165) is 67.2 Å². The number of aryl methyl sites for hydroxylation is 1. The SMILES string of the molecule is Cc1nc2ccccc2n1CCNCc1ccccc1OCC(=O)N1CCCC1. The summed E-state index contributed by atoms with van der Waals surface area (Å²) in [4.78, 5) is 18.7. The minimum Gasteiger partial charge on any atom is -0.483 e. The molecule has 0 bridgehead atoms. The minimum atomic E-state index is 0.0766. The van der Waals surface area contributed by atoms with Crippen molar-refractivity contribution in [1.82, 2.24) is 19.8 Å². The van der Waals surface area contributed by atoms with E-state index < -0.39 is 0 Å². The van der Waals surface area contributed by atoms with Gasteiger partial charge in [-0.05, 0) is 38.0 Å². The first-order chi connectivity index (χ1) is 14.2. The number of rotatable bonds is 8. The number of benzene rings is 2. The van der Waals surface area contributed by atoms with Crippen LogP contribution in [0.15, 0.2) is 48.5 Å². The molecule has 29 heavy (non-hydrogen) atoms. The van der Waals surface area contributed by atoms with Gasteiger partial charge in [-0.15, -0.1) is 0 Å². The van der Waals surface area contributed by atoms with Gasteiger partial charge in [-0.25, -0.2) is 4.98 Å². The number of amides is 1. The summed E-state index contributed by atoms with van der Waals surface area (Å²) in [6.07, 6.45) is 2.19. The van der Waals surface area contributed by atoms with Crippen LogP contribution in [-0.2, 0) is 17.9 Å². The van der Waals surface area contributed by atoms with Gasteiger partial charge < -0.3 is 19.5 Å². The van der Waals surface area contributed by atoms with Crippen molar-refractivity contribution in [2.75, 3.05) is 26.2 Å². The Balaban J connectivity index is 1.30. The smallest absolute Gasteiger partial charge is 0.260 e. The van der Waals surface area contributed by atoms with Gasteiger partial charge in [-0.2, -0.15) is 0 Å². The first-order valence-corrected chi connectivity index (χ1v) is 10.3. The molecule has 1 saturated heterocycles. The Morgan fingerprint density at radius 2 is 1.86 bits per heavy atom. The predicted molar refractivity (Wildman–Crippen MR) is 114 cm³/mol. The molecule has 1 aliphatic heterocycles. The highest BCUT2D eigenvalue weighted by atomic mass is 16.5. The van der Waals surface area contributed by atoms with Gasteiger partial charge >= 0.3 is 0 Å². The number of imidazole rings is 1. The normalized spacial score (nSPS) is 13.9. The van der Waals surface area contributed by atoms with Gasteiger partial charge in [0.05, 0.1) is 11.0 Å². The lowest BCUT2D eigenvalue weighted by Crippen LogP contribution is -2.32. The number of nitrogens with one attached hydrogen (secondary N) is 1. The van der Waals surface area contributed by atoms with Crippen molar-refractivity contribution in [2.45, 2.75) is 32.9 Å². The lowest BCUT2D eigenvalue weighted by Gasteiger charge is -2.17. The first kappa shape index (κ1) is 19.5. The highest BCUT2D eigenvalue weighted by molar-refractivity contribution is 5.78. The van der Waals surface area contributed by atoms with Gasteiger partial charge in [0.25, 0.3) is 5.91 Å². The molecule has 1 amide bonds. The van der Waals surface area contributed by atoms with E-state index in [0.29, 0.717) is 6.54 Å². The Kier molecular flexibility index (Phi) is 6.10. The molecule has 0 atom stereocenters. The summed E-state index contributed by atoms with van der Waals surface area (Å²) in [5.41, 5.74) is 3.26. The molecular weight excluding hydrogens is 364 g/mol. The molecule has 152 valence electrons. The fraction of sp³-hybridized carbons (Fsp3) is 0.391. The molecule has 1 N–H and O–H groups in total. The molecule has 6 nitrogen and oxygen atoms in total. The fourth-order valence-electron chi connectivity index (χ4n) is 3.88. The summed E-state index contributed by atoms with van der Waals surface area (Å²) < 4.78 is 8.08. The third-order valence-corrected chi connectivity index (χ3v) is 5.46. The second-order valence-corrected chi connectivity index (χ2v) is 7.46. The maximum atomic E-state index is 12.2. The number of fused-ring (bicyclic) bond motifs is 1. The predicted octanol–water partition coefficient (Wildman–Crippen LogP) is 3.14. The van der Waals surface area contributed by atoms with Gasteiger partial charge in [0.1, 0.15) is 11.6 Å². The zero-order valence-corrected chi connectivity index (χ0v) is 16.9. The van der Waals surface area contributed by atoms with Crippen LogP contribution in [0.1, 0.15) is 24.2 Å². The Labute approximate surface area is 171 Å². The molecule has 1 aliphatic rings. The molecular formula is C23H28N4O2. The molecule has 1 aromatic heterocycles. The maximum Gasteiger partial charge on any atom is 0.260 e. The van der Waals surface area contributed by atoms with Crippen molar-refractivity contribution in [2.24, 2.45) is 0 Å². The largest absolute Gasteiger partial charge is 0.483 e. The molecule has 0 spiro atoms. The van der Waals surface area contributed by atoms with Crippen molar-refractivity contribution in [1.29, 1.82) is 0 Å². The average molecular weight is 393 g/mol. The van der Waals surface area contributed by atoms with Gasteiger partial charge in [-0.3, -0.25) is 4.79 Å². The van der Waals surface area contributed by atoms with Crippen LogP contribution in [0.5, 0.6) is 5.75 Å². The summed E-state index contributed by atoms with van der Waals surface area (Å²) in [7, 11) is 0. The third kappa shape index (κ3) is 4.59. The summed E-state index contributed by atoms with van der Waals surface area (Å²) in [6.45, 7) is 6.23. The molecule has 2 aromatic carbocycles. The van der Waals surface area contributed by atoms with Crippen molar-refractivity contribution in [3.63, 3.8) is 0 Å². The molecule has 1 fully saturated rings. The zero-order chi connectivity index (χ0) is 20.1. The number of carbonyl (C=O) groups is 1. The summed E-state index contributed by atoms with van der Waals surface area (Å²) in [5.74, 6) is 1.88. The highest BCUT2D eigenvalue weighted by Gasteiger charge is 2.18. The molecule has 0 radical (unpaired) electrons. The van der Waals surface area contributed by atoms with E-state index in [9.17, 15) is 4.79 Å². The van der Waals surface area contributed by atoms with Crippen molar-refractivity contribution >= 4 is 16.9 Å². The molecule has 3 aromatic rings. The standard InChI is InChI=1S/C23H28N4O2/c1-18-25-20-9-3-4-10-21(20)27(18)15-12-24-16-19-8-2-5-11-22(19)29-17-23(28)26-13-6-7-14-26/h2-5,8-11,24H,6-7,12-17H2,1H3. The lowest BCUT2D eigenvalue weighted by atomic mass is 10.2.